The molecule has 1 N–H and O–H groups in total. The van der Waals surface area contributed by atoms with Gasteiger partial charge in [-0.05, 0) is 54.5 Å². The summed E-state index contributed by atoms with van der Waals surface area (Å²) in [5.74, 6) is 0.318. The fourth-order valence-corrected chi connectivity index (χ4v) is 3.27. The van der Waals surface area contributed by atoms with Crippen LogP contribution in [0.5, 0.6) is 5.75 Å². The van der Waals surface area contributed by atoms with Crippen molar-refractivity contribution in [3.63, 3.8) is 0 Å². The van der Waals surface area contributed by atoms with E-state index < -0.39 is 16.6 Å². The van der Waals surface area contributed by atoms with Gasteiger partial charge in [-0.2, -0.15) is 0 Å². The highest BCUT2D eigenvalue weighted by molar-refractivity contribution is 6.33. The number of methoxy groups -OCH3 is 1. The van der Waals surface area contributed by atoms with Gasteiger partial charge in [-0.1, -0.05) is 30.3 Å². The van der Waals surface area contributed by atoms with Crippen LogP contribution in [-0.2, 0) is 16.0 Å². The monoisotopic (exact) mass is 371 g/mol. The quantitative estimate of drug-likeness (QED) is 0.628. The Morgan fingerprint density at radius 2 is 2.08 bits per heavy atom. The van der Waals surface area contributed by atoms with E-state index in [9.17, 15) is 4.79 Å². The zero-order valence-corrected chi connectivity index (χ0v) is 15.8. The van der Waals surface area contributed by atoms with E-state index >= 15 is 0 Å². The van der Waals surface area contributed by atoms with Crippen LogP contribution >= 0.6 is 11.6 Å². The Bertz CT molecular complexity index is 888. The summed E-state index contributed by atoms with van der Waals surface area (Å²) in [6, 6.07) is 11.9. The Hall–Kier alpha value is -2.46. The van der Waals surface area contributed by atoms with Crippen LogP contribution in [-0.4, -0.2) is 23.7 Å². The van der Waals surface area contributed by atoms with E-state index in [1.54, 1.807) is 6.92 Å². The summed E-state index contributed by atoms with van der Waals surface area (Å²) in [6.45, 7) is 3.63. The van der Waals surface area contributed by atoms with E-state index in [4.69, 9.17) is 21.1 Å². The van der Waals surface area contributed by atoms with E-state index in [0.717, 1.165) is 22.1 Å². The largest absolute Gasteiger partial charge is 0.468 e. The molecule has 0 aromatic heterocycles. The van der Waals surface area contributed by atoms with E-state index in [2.05, 4.69) is 5.32 Å². The molecule has 0 radical (unpaired) electrons. The number of esters is 1. The first kappa shape index (κ1) is 18.3. The Morgan fingerprint density at radius 3 is 2.77 bits per heavy atom. The van der Waals surface area contributed by atoms with E-state index in [1.165, 1.54) is 7.11 Å². The number of hydrogen-bond acceptors (Lipinski definition) is 4. The van der Waals surface area contributed by atoms with Gasteiger partial charge in [0.1, 0.15) is 10.6 Å². The predicted octanol–water partition coefficient (Wildman–Crippen LogP) is 4.32. The van der Waals surface area contributed by atoms with Crippen molar-refractivity contribution < 1.29 is 14.3 Å². The minimum Gasteiger partial charge on any atom is -0.468 e. The van der Waals surface area contributed by atoms with Crippen molar-refractivity contribution in [2.24, 2.45) is 0 Å². The van der Waals surface area contributed by atoms with Crippen molar-refractivity contribution in [3.05, 3.63) is 66.4 Å². The van der Waals surface area contributed by atoms with E-state index in [-0.39, 0.29) is 0 Å². The molecule has 0 saturated heterocycles. The number of benzene rings is 2. The number of alkyl halides is 1. The number of ether oxygens (including phenoxy) is 2. The van der Waals surface area contributed by atoms with Crippen molar-refractivity contribution in [3.8, 4) is 5.75 Å². The molecule has 4 nitrogen and oxygen atoms in total. The number of dihydropyridines is 1. The predicted molar refractivity (Wildman–Crippen MR) is 104 cm³/mol. The third-order valence-corrected chi connectivity index (χ3v) is 4.68. The zero-order chi connectivity index (χ0) is 18.8. The Balaban J connectivity index is 1.89. The van der Waals surface area contributed by atoms with E-state index in [0.29, 0.717) is 6.42 Å². The lowest BCUT2D eigenvalue weighted by Gasteiger charge is -2.29. The highest BCUT2D eigenvalue weighted by Crippen LogP contribution is 2.30. The molecular formula is C21H22ClNO3. The molecule has 1 aliphatic heterocycles. The van der Waals surface area contributed by atoms with Gasteiger partial charge in [-0.25, -0.2) is 0 Å². The number of hydrogen-bond donors (Lipinski definition) is 1. The summed E-state index contributed by atoms with van der Waals surface area (Å²) in [6.07, 6.45) is 8.06. The van der Waals surface area contributed by atoms with Crippen LogP contribution in [0.1, 0.15) is 19.4 Å². The number of fused-ring (bicyclic) bond motifs is 1. The standard InChI is InChI=1S/C21H22ClNO3/c1-20(22,19(24)25-3)14-16-8-6-7-15-13-17(9-10-18(15)16)26-21(2)11-4-5-12-23-21/h4-13,23H,14H2,1-3H3. The number of halogens is 1. The fraction of sp³-hybridized carbons (Fsp3) is 0.286. The number of rotatable bonds is 5. The molecule has 0 amide bonds. The number of carbonyl (C=O) groups excluding carboxylic acids is 1. The average molecular weight is 372 g/mol. The molecule has 0 saturated carbocycles. The van der Waals surface area contributed by atoms with Gasteiger partial charge in [0.2, 0.25) is 0 Å². The fourth-order valence-electron chi connectivity index (χ4n) is 3.05. The highest BCUT2D eigenvalue weighted by atomic mass is 35.5. The maximum Gasteiger partial charge on any atom is 0.326 e. The van der Waals surface area contributed by atoms with Crippen LogP contribution in [0.2, 0.25) is 0 Å². The van der Waals surface area contributed by atoms with Crippen LogP contribution in [0.3, 0.4) is 0 Å². The maximum absolute atomic E-state index is 11.9. The number of nitrogens with one attached hydrogen (secondary N) is 1. The van der Waals surface area contributed by atoms with Gasteiger partial charge in [0.25, 0.3) is 0 Å². The first-order chi connectivity index (χ1) is 12.3. The minimum atomic E-state index is -1.10. The molecule has 2 aromatic rings. The molecule has 136 valence electrons. The Kier molecular flexibility index (Phi) is 4.97. The molecule has 2 unspecified atom stereocenters. The van der Waals surface area contributed by atoms with Crippen molar-refractivity contribution in [2.75, 3.05) is 7.11 Å². The van der Waals surface area contributed by atoms with Crippen molar-refractivity contribution in [1.29, 1.82) is 0 Å². The SMILES string of the molecule is COC(=O)C(C)(Cl)Cc1cccc2cc(OC3(C)C=CC=CN3)ccc12. The molecule has 2 atom stereocenters. The minimum absolute atomic E-state index is 0.381. The summed E-state index contributed by atoms with van der Waals surface area (Å²) < 4.78 is 10.9. The van der Waals surface area contributed by atoms with Gasteiger partial charge in [-0.3, -0.25) is 4.79 Å². The molecule has 0 spiro atoms. The topological polar surface area (TPSA) is 47.6 Å². The van der Waals surface area contributed by atoms with Gasteiger partial charge >= 0.3 is 5.97 Å². The van der Waals surface area contributed by atoms with Crippen molar-refractivity contribution >= 4 is 28.3 Å². The lowest BCUT2D eigenvalue weighted by Crippen LogP contribution is -2.43. The molecule has 0 aliphatic carbocycles. The molecular weight excluding hydrogens is 350 g/mol. The molecule has 3 rings (SSSR count). The molecule has 5 heteroatoms. The lowest BCUT2D eigenvalue weighted by atomic mass is 9.95. The van der Waals surface area contributed by atoms with E-state index in [1.807, 2.05) is 67.7 Å². The number of carbonyl (C=O) groups is 1. The highest BCUT2D eigenvalue weighted by Gasteiger charge is 2.32. The second-order valence-corrected chi connectivity index (χ2v) is 7.57. The van der Waals surface area contributed by atoms with Crippen LogP contribution in [0, 0.1) is 0 Å². The third kappa shape index (κ3) is 3.86. The maximum atomic E-state index is 11.9. The summed E-state index contributed by atoms with van der Waals surface area (Å²) in [5.41, 5.74) is 0.404. The van der Waals surface area contributed by atoms with Crippen LogP contribution < -0.4 is 10.1 Å². The van der Waals surface area contributed by atoms with Gasteiger partial charge in [0, 0.05) is 12.6 Å². The van der Waals surface area contributed by atoms with Gasteiger partial charge < -0.3 is 14.8 Å². The average Bonchev–Trinajstić information content (AvgIpc) is 2.61. The lowest BCUT2D eigenvalue weighted by molar-refractivity contribution is -0.143. The van der Waals surface area contributed by atoms with Crippen LogP contribution in [0.4, 0.5) is 0 Å². The molecule has 1 heterocycles. The molecule has 1 aliphatic rings. The molecule has 26 heavy (non-hydrogen) atoms. The summed E-state index contributed by atoms with van der Waals surface area (Å²) in [7, 11) is 1.35. The Labute approximate surface area is 158 Å². The van der Waals surface area contributed by atoms with Crippen molar-refractivity contribution in [2.45, 2.75) is 30.9 Å². The van der Waals surface area contributed by atoms with Crippen molar-refractivity contribution in [1.82, 2.24) is 5.32 Å². The van der Waals surface area contributed by atoms with Crippen LogP contribution in [0.15, 0.2) is 60.8 Å². The molecule has 2 aromatic carbocycles. The summed E-state index contributed by atoms with van der Waals surface area (Å²) >= 11 is 6.38. The first-order valence-corrected chi connectivity index (χ1v) is 8.81. The van der Waals surface area contributed by atoms with Gasteiger partial charge in [0.05, 0.1) is 7.11 Å². The zero-order valence-electron chi connectivity index (χ0n) is 15.1. The third-order valence-electron chi connectivity index (χ3n) is 4.40. The first-order valence-electron chi connectivity index (χ1n) is 8.43. The second-order valence-electron chi connectivity index (χ2n) is 6.74. The van der Waals surface area contributed by atoms with Crippen LogP contribution in [0.25, 0.3) is 10.8 Å². The normalized spacial score (nSPS) is 21.1. The van der Waals surface area contributed by atoms with Gasteiger partial charge in [-0.15, -0.1) is 11.6 Å². The smallest absolute Gasteiger partial charge is 0.326 e. The van der Waals surface area contributed by atoms with Gasteiger partial charge in [0.15, 0.2) is 5.72 Å². The number of allylic oxidation sites excluding steroid dienone is 2. The molecule has 0 fully saturated rings. The summed E-state index contributed by atoms with van der Waals surface area (Å²) in [5, 5.41) is 5.25. The summed E-state index contributed by atoms with van der Waals surface area (Å²) in [4.78, 5) is 10.8. The second kappa shape index (κ2) is 7.04. The Morgan fingerprint density at radius 1 is 1.27 bits per heavy atom. The molecule has 0 bridgehead atoms.